The van der Waals surface area contributed by atoms with Gasteiger partial charge in [-0.1, -0.05) is 0 Å². The monoisotopic (exact) mass is 272 g/mol. The molecule has 2 aromatic rings. The minimum Gasteiger partial charge on any atom is -0.265 e. The molecule has 0 amide bonds. The molecule has 2 heterocycles. The summed E-state index contributed by atoms with van der Waals surface area (Å²) >= 11 is 0. The topological polar surface area (TPSA) is 89.9 Å². The maximum atomic E-state index is 12.3. The van der Waals surface area contributed by atoms with Gasteiger partial charge in [0, 0.05) is 12.4 Å². The predicted octanol–water partition coefficient (Wildman–Crippen LogP) is 0.222. The number of hydrogen-bond acceptors (Lipinski definition) is 6. The zero-order valence-electron chi connectivity index (χ0n) is 9.24. The van der Waals surface area contributed by atoms with Crippen LogP contribution in [0.4, 0.5) is 19.1 Å². The average Bonchev–Trinajstić information content (AvgIpc) is 2.37. The SMILES string of the molecule is NN(c1ncn(-c2ccncc2)c(=O)n1)C(F)(F)F. The van der Waals surface area contributed by atoms with Gasteiger partial charge in [-0.2, -0.15) is 9.99 Å². The van der Waals surface area contributed by atoms with Crippen molar-refractivity contribution in [1.29, 1.82) is 0 Å². The molecule has 0 unspecified atom stereocenters. The lowest BCUT2D eigenvalue weighted by Crippen LogP contribution is -2.46. The molecule has 2 aromatic heterocycles. The first-order valence-corrected chi connectivity index (χ1v) is 4.87. The smallest absolute Gasteiger partial charge is 0.265 e. The predicted molar refractivity (Wildman–Crippen MR) is 58.1 cm³/mol. The summed E-state index contributed by atoms with van der Waals surface area (Å²) in [7, 11) is 0. The van der Waals surface area contributed by atoms with Crippen molar-refractivity contribution in [2.75, 3.05) is 5.01 Å². The number of nitrogens with two attached hydrogens (primary N) is 1. The van der Waals surface area contributed by atoms with Crippen LogP contribution in [0.15, 0.2) is 35.6 Å². The Balaban J connectivity index is 2.41. The highest BCUT2D eigenvalue weighted by molar-refractivity contribution is 5.31. The fourth-order valence-electron chi connectivity index (χ4n) is 1.24. The molecule has 100 valence electrons. The summed E-state index contributed by atoms with van der Waals surface area (Å²) in [6.07, 6.45) is -1.12. The van der Waals surface area contributed by atoms with Crippen molar-refractivity contribution in [2.24, 2.45) is 5.84 Å². The summed E-state index contributed by atoms with van der Waals surface area (Å²) in [6.45, 7) is 0. The Kier molecular flexibility index (Phi) is 3.17. The first-order chi connectivity index (χ1) is 8.89. The zero-order valence-corrected chi connectivity index (χ0v) is 9.24. The second kappa shape index (κ2) is 4.65. The van der Waals surface area contributed by atoms with Crippen LogP contribution in [0.2, 0.25) is 0 Å². The molecule has 0 aliphatic rings. The van der Waals surface area contributed by atoms with Crippen LogP contribution in [-0.2, 0) is 0 Å². The molecule has 0 saturated heterocycles. The number of nitrogens with zero attached hydrogens (tertiary/aromatic N) is 5. The summed E-state index contributed by atoms with van der Waals surface area (Å²) in [5.41, 5.74) is -0.557. The van der Waals surface area contributed by atoms with Gasteiger partial charge >= 0.3 is 12.0 Å². The van der Waals surface area contributed by atoms with Gasteiger partial charge in [-0.3, -0.25) is 9.55 Å². The largest absolute Gasteiger partial charge is 0.501 e. The molecular formula is C9H7F3N6O. The molecule has 0 aliphatic carbocycles. The third-order valence-corrected chi connectivity index (χ3v) is 2.12. The Labute approximate surface area is 104 Å². The van der Waals surface area contributed by atoms with E-state index >= 15 is 0 Å². The lowest BCUT2D eigenvalue weighted by molar-refractivity contribution is -0.130. The molecule has 19 heavy (non-hydrogen) atoms. The summed E-state index contributed by atoms with van der Waals surface area (Å²) in [6, 6.07) is 2.96. The van der Waals surface area contributed by atoms with E-state index in [4.69, 9.17) is 5.84 Å². The van der Waals surface area contributed by atoms with Crippen LogP contribution in [0.3, 0.4) is 0 Å². The number of anilines is 1. The van der Waals surface area contributed by atoms with Crippen molar-refractivity contribution in [3.63, 3.8) is 0 Å². The quantitative estimate of drug-likeness (QED) is 0.478. The number of hydrogen-bond donors (Lipinski definition) is 1. The molecule has 0 bridgehead atoms. The summed E-state index contributed by atoms with van der Waals surface area (Å²) in [5, 5.41) is -0.634. The lowest BCUT2D eigenvalue weighted by Gasteiger charge is -2.18. The molecule has 0 aliphatic heterocycles. The van der Waals surface area contributed by atoms with Gasteiger partial charge in [0.25, 0.3) is 5.95 Å². The Morgan fingerprint density at radius 2 is 1.89 bits per heavy atom. The first-order valence-electron chi connectivity index (χ1n) is 4.87. The van der Waals surface area contributed by atoms with E-state index in [1.54, 1.807) is 0 Å². The van der Waals surface area contributed by atoms with Gasteiger partial charge in [0.1, 0.15) is 6.33 Å². The standard InChI is InChI=1S/C9H7F3N6O/c10-9(11,12)18(13)7-15-5-17(8(19)16-7)6-1-3-14-4-2-6/h1-5H,13H2. The van der Waals surface area contributed by atoms with Gasteiger partial charge in [0.05, 0.1) is 5.69 Å². The van der Waals surface area contributed by atoms with E-state index in [0.717, 1.165) is 10.9 Å². The highest BCUT2D eigenvalue weighted by atomic mass is 19.4. The van der Waals surface area contributed by atoms with Crippen molar-refractivity contribution in [2.45, 2.75) is 6.30 Å². The van der Waals surface area contributed by atoms with Crippen molar-refractivity contribution in [3.8, 4) is 5.69 Å². The molecule has 2 N–H and O–H groups in total. The van der Waals surface area contributed by atoms with Crippen molar-refractivity contribution < 1.29 is 13.2 Å². The van der Waals surface area contributed by atoms with Crippen molar-refractivity contribution >= 4 is 5.95 Å². The van der Waals surface area contributed by atoms with E-state index in [9.17, 15) is 18.0 Å². The normalized spacial score (nSPS) is 11.4. The number of alkyl halides is 3. The van der Waals surface area contributed by atoms with Crippen molar-refractivity contribution in [1.82, 2.24) is 19.5 Å². The van der Waals surface area contributed by atoms with Gasteiger partial charge in [-0.05, 0) is 12.1 Å². The van der Waals surface area contributed by atoms with Crippen LogP contribution in [0.1, 0.15) is 0 Å². The van der Waals surface area contributed by atoms with E-state index in [1.165, 1.54) is 24.5 Å². The van der Waals surface area contributed by atoms with E-state index in [-0.39, 0.29) is 0 Å². The van der Waals surface area contributed by atoms with Gasteiger partial charge in [-0.25, -0.2) is 15.6 Å². The summed E-state index contributed by atoms with van der Waals surface area (Å²) in [5.74, 6) is 3.83. The fraction of sp³-hybridized carbons (Fsp3) is 0.111. The molecule has 0 fully saturated rings. The Morgan fingerprint density at radius 1 is 1.26 bits per heavy atom. The summed E-state index contributed by atoms with van der Waals surface area (Å²) < 4.78 is 37.8. The maximum Gasteiger partial charge on any atom is 0.501 e. The zero-order chi connectivity index (χ0) is 14.0. The molecule has 7 nitrogen and oxygen atoms in total. The van der Waals surface area contributed by atoms with Gasteiger partial charge in [0.15, 0.2) is 0 Å². The van der Waals surface area contributed by atoms with E-state index in [0.29, 0.717) is 5.69 Å². The first kappa shape index (κ1) is 13.0. The van der Waals surface area contributed by atoms with Crippen LogP contribution in [0, 0.1) is 0 Å². The van der Waals surface area contributed by atoms with Crippen LogP contribution in [0.5, 0.6) is 0 Å². The Bertz CT molecular complexity index is 626. The van der Waals surface area contributed by atoms with Crippen LogP contribution >= 0.6 is 0 Å². The number of pyridine rings is 1. The second-order valence-electron chi connectivity index (χ2n) is 3.35. The highest BCUT2D eigenvalue weighted by Gasteiger charge is 2.37. The van der Waals surface area contributed by atoms with Crippen molar-refractivity contribution in [3.05, 3.63) is 41.3 Å². The Hall–Kier alpha value is -2.49. The van der Waals surface area contributed by atoms with Crippen LogP contribution < -0.4 is 16.5 Å². The number of rotatable bonds is 2. The minimum atomic E-state index is -4.87. The van der Waals surface area contributed by atoms with Crippen LogP contribution in [-0.4, -0.2) is 25.8 Å². The van der Waals surface area contributed by atoms with E-state index < -0.39 is 22.9 Å². The van der Waals surface area contributed by atoms with Gasteiger partial charge < -0.3 is 0 Å². The third kappa shape index (κ3) is 2.68. The highest BCUT2D eigenvalue weighted by Crippen LogP contribution is 2.20. The molecule has 10 heteroatoms. The molecule has 0 saturated carbocycles. The number of aromatic nitrogens is 4. The number of halogens is 3. The average molecular weight is 272 g/mol. The third-order valence-electron chi connectivity index (χ3n) is 2.12. The van der Waals surface area contributed by atoms with Gasteiger partial charge in [0.2, 0.25) is 0 Å². The fourth-order valence-corrected chi connectivity index (χ4v) is 1.24. The second-order valence-corrected chi connectivity index (χ2v) is 3.35. The molecule has 0 atom stereocenters. The van der Waals surface area contributed by atoms with Crippen LogP contribution in [0.25, 0.3) is 5.69 Å². The molecular weight excluding hydrogens is 265 g/mol. The Morgan fingerprint density at radius 3 is 2.42 bits per heavy atom. The minimum absolute atomic E-state index is 0.377. The lowest BCUT2D eigenvalue weighted by atomic mass is 10.4. The molecule has 0 radical (unpaired) electrons. The van der Waals surface area contributed by atoms with E-state index in [2.05, 4.69) is 15.0 Å². The number of hydrazine groups is 1. The molecule has 0 aromatic carbocycles. The molecule has 2 rings (SSSR count). The van der Waals surface area contributed by atoms with E-state index in [1.807, 2.05) is 0 Å². The maximum absolute atomic E-state index is 12.3. The van der Waals surface area contributed by atoms with Gasteiger partial charge in [-0.15, -0.1) is 13.2 Å². The molecule has 0 spiro atoms. The summed E-state index contributed by atoms with van der Waals surface area (Å²) in [4.78, 5) is 21.9.